The maximum atomic E-state index is 10.3. The second kappa shape index (κ2) is 4.63. The lowest BCUT2D eigenvalue weighted by molar-refractivity contribution is 0.452. The first-order valence-electron chi connectivity index (χ1n) is 7.35. The molecule has 0 radical (unpaired) electrons. The van der Waals surface area contributed by atoms with Gasteiger partial charge in [-0.25, -0.2) is 4.68 Å². The van der Waals surface area contributed by atoms with Crippen molar-refractivity contribution in [1.82, 2.24) is 9.78 Å². The van der Waals surface area contributed by atoms with Gasteiger partial charge in [-0.3, -0.25) is 0 Å². The van der Waals surface area contributed by atoms with Crippen molar-refractivity contribution in [3.63, 3.8) is 0 Å². The molecule has 1 atom stereocenters. The number of aryl methyl sites for hydroxylation is 2. The Morgan fingerprint density at radius 3 is 2.77 bits per heavy atom. The van der Waals surface area contributed by atoms with E-state index < -0.39 is 0 Å². The summed E-state index contributed by atoms with van der Waals surface area (Å²) < 4.78 is 1.95. The zero-order chi connectivity index (χ0) is 15.3. The molecule has 0 bridgehead atoms. The highest BCUT2D eigenvalue weighted by Gasteiger charge is 2.27. The van der Waals surface area contributed by atoms with Crippen molar-refractivity contribution in [2.24, 2.45) is 0 Å². The molecule has 1 aliphatic rings. The Labute approximate surface area is 129 Å². The van der Waals surface area contributed by atoms with Gasteiger partial charge in [0.2, 0.25) is 0 Å². The van der Waals surface area contributed by atoms with Crippen molar-refractivity contribution in [3.8, 4) is 17.0 Å². The number of aromatic hydroxyl groups is 1. The lowest BCUT2D eigenvalue weighted by Gasteiger charge is -2.29. The molecule has 0 aliphatic carbocycles. The Morgan fingerprint density at radius 1 is 1.09 bits per heavy atom. The van der Waals surface area contributed by atoms with Crippen molar-refractivity contribution < 1.29 is 5.11 Å². The molecule has 1 aromatic heterocycles. The third-order valence-electron chi connectivity index (χ3n) is 4.08. The summed E-state index contributed by atoms with van der Waals surface area (Å²) in [5.41, 5.74) is 6.16. The van der Waals surface area contributed by atoms with E-state index >= 15 is 0 Å². The number of aromatic nitrogens is 2. The van der Waals surface area contributed by atoms with Crippen molar-refractivity contribution in [3.05, 3.63) is 65.4 Å². The highest BCUT2D eigenvalue weighted by atomic mass is 16.3. The molecular weight excluding hydrogens is 274 g/mol. The van der Waals surface area contributed by atoms with Crippen LogP contribution in [0.15, 0.2) is 48.5 Å². The number of rotatable bonds is 1. The number of benzene rings is 2. The molecule has 2 heterocycles. The fraction of sp³-hybridized carbons (Fsp3) is 0.167. The average molecular weight is 291 g/mol. The second-order valence-corrected chi connectivity index (χ2v) is 5.77. The lowest BCUT2D eigenvalue weighted by Crippen LogP contribution is -2.25. The Kier molecular flexibility index (Phi) is 2.73. The molecule has 0 fully saturated rings. The maximum absolute atomic E-state index is 10.3. The van der Waals surface area contributed by atoms with E-state index in [2.05, 4.69) is 28.6 Å². The summed E-state index contributed by atoms with van der Waals surface area (Å²) in [6.07, 6.45) is -0.210. The predicted octanol–water partition coefficient (Wildman–Crippen LogP) is 3.84. The number of hydrogen-bond acceptors (Lipinski definition) is 3. The molecule has 4 heteroatoms. The maximum Gasteiger partial charge on any atom is 0.150 e. The molecule has 2 aromatic carbocycles. The third kappa shape index (κ3) is 1.88. The number of para-hydroxylation sites is 1. The molecule has 4 nitrogen and oxygen atoms in total. The molecule has 22 heavy (non-hydrogen) atoms. The Hall–Kier alpha value is -2.75. The van der Waals surface area contributed by atoms with Crippen LogP contribution in [0.3, 0.4) is 0 Å². The topological polar surface area (TPSA) is 50.1 Å². The minimum atomic E-state index is -0.210. The summed E-state index contributed by atoms with van der Waals surface area (Å²) in [5, 5.41) is 18.4. The molecule has 0 saturated heterocycles. The van der Waals surface area contributed by atoms with E-state index in [4.69, 9.17) is 0 Å². The monoisotopic (exact) mass is 291 g/mol. The van der Waals surface area contributed by atoms with Crippen LogP contribution in [-0.2, 0) is 0 Å². The first-order chi connectivity index (χ1) is 10.6. The van der Waals surface area contributed by atoms with E-state index in [9.17, 15) is 5.11 Å². The van der Waals surface area contributed by atoms with Crippen molar-refractivity contribution >= 4 is 5.69 Å². The number of nitrogens with one attached hydrogen (secondary N) is 1. The molecule has 1 aliphatic heterocycles. The smallest absolute Gasteiger partial charge is 0.150 e. The van der Waals surface area contributed by atoms with Crippen LogP contribution in [0.4, 0.5) is 5.69 Å². The van der Waals surface area contributed by atoms with Gasteiger partial charge < -0.3 is 10.4 Å². The van der Waals surface area contributed by atoms with Gasteiger partial charge in [-0.15, -0.1) is 0 Å². The fourth-order valence-corrected chi connectivity index (χ4v) is 3.06. The predicted molar refractivity (Wildman–Crippen MR) is 87.0 cm³/mol. The summed E-state index contributed by atoms with van der Waals surface area (Å²) >= 11 is 0. The summed E-state index contributed by atoms with van der Waals surface area (Å²) in [7, 11) is 0. The van der Waals surface area contributed by atoms with E-state index in [1.54, 1.807) is 6.07 Å². The van der Waals surface area contributed by atoms with Gasteiger partial charge in [0.1, 0.15) is 5.75 Å². The van der Waals surface area contributed by atoms with Crippen LogP contribution in [0, 0.1) is 13.8 Å². The summed E-state index contributed by atoms with van der Waals surface area (Å²) in [5.74, 6) is 0.279. The zero-order valence-electron chi connectivity index (χ0n) is 12.5. The van der Waals surface area contributed by atoms with Crippen LogP contribution in [0.1, 0.15) is 23.0 Å². The summed E-state index contributed by atoms with van der Waals surface area (Å²) in [6, 6.07) is 15.9. The number of fused-ring (bicyclic) bond motifs is 3. The van der Waals surface area contributed by atoms with Gasteiger partial charge in [0.15, 0.2) is 6.17 Å². The molecule has 2 N–H and O–H groups in total. The van der Waals surface area contributed by atoms with Crippen LogP contribution in [-0.4, -0.2) is 14.9 Å². The van der Waals surface area contributed by atoms with Gasteiger partial charge in [-0.05, 0) is 38.1 Å². The second-order valence-electron chi connectivity index (χ2n) is 5.77. The van der Waals surface area contributed by atoms with Crippen LogP contribution in [0.25, 0.3) is 11.3 Å². The zero-order valence-corrected chi connectivity index (χ0v) is 12.5. The lowest BCUT2D eigenvalue weighted by atomic mass is 10.0. The van der Waals surface area contributed by atoms with Crippen molar-refractivity contribution in [1.29, 1.82) is 0 Å². The molecule has 1 unspecified atom stereocenters. The Bertz CT molecular complexity index is 867. The number of phenols is 1. The van der Waals surface area contributed by atoms with E-state index in [-0.39, 0.29) is 11.9 Å². The van der Waals surface area contributed by atoms with Crippen LogP contribution >= 0.6 is 0 Å². The standard InChI is InChI=1S/C18H17N3O/c1-11-7-8-17(22)14(9-11)18-19-15-6-4-3-5-13(15)16-10-12(2)20-21(16)18/h3-10,18-19,22H,1-2H3. The first kappa shape index (κ1) is 13.0. The summed E-state index contributed by atoms with van der Waals surface area (Å²) in [4.78, 5) is 0. The van der Waals surface area contributed by atoms with E-state index in [0.29, 0.717) is 0 Å². The minimum absolute atomic E-state index is 0.210. The number of phenolic OH excluding ortho intramolecular Hbond substituents is 1. The molecule has 3 aromatic rings. The molecule has 4 rings (SSSR count). The quantitative estimate of drug-likeness (QED) is 0.716. The SMILES string of the molecule is Cc1ccc(O)c(C2Nc3ccccc3-c3cc(C)nn32)c1. The fourth-order valence-electron chi connectivity index (χ4n) is 3.06. The first-order valence-corrected chi connectivity index (χ1v) is 7.35. The van der Waals surface area contributed by atoms with Gasteiger partial charge in [0.25, 0.3) is 0 Å². The highest BCUT2D eigenvalue weighted by molar-refractivity contribution is 5.78. The van der Waals surface area contributed by atoms with Crippen molar-refractivity contribution in [2.75, 3.05) is 5.32 Å². The number of anilines is 1. The number of hydrogen-bond donors (Lipinski definition) is 2. The normalized spacial score (nSPS) is 15.8. The molecule has 0 spiro atoms. The molecule has 0 saturated carbocycles. The molecule has 0 amide bonds. The van der Waals surface area contributed by atoms with Gasteiger partial charge >= 0.3 is 0 Å². The highest BCUT2D eigenvalue weighted by Crippen LogP contribution is 2.40. The average Bonchev–Trinajstić information content (AvgIpc) is 2.91. The van der Waals surface area contributed by atoms with Gasteiger partial charge in [0, 0.05) is 16.8 Å². The van der Waals surface area contributed by atoms with Crippen LogP contribution in [0.2, 0.25) is 0 Å². The third-order valence-corrected chi connectivity index (χ3v) is 4.08. The van der Waals surface area contributed by atoms with Crippen LogP contribution < -0.4 is 5.32 Å². The molecule has 110 valence electrons. The van der Waals surface area contributed by atoms with Gasteiger partial charge in [-0.2, -0.15) is 5.10 Å². The Balaban J connectivity index is 1.94. The van der Waals surface area contributed by atoms with E-state index in [1.165, 1.54) is 0 Å². The Morgan fingerprint density at radius 2 is 1.91 bits per heavy atom. The van der Waals surface area contributed by atoms with Gasteiger partial charge in [-0.1, -0.05) is 29.8 Å². The van der Waals surface area contributed by atoms with Gasteiger partial charge in [0.05, 0.1) is 11.4 Å². The molecular formula is C18H17N3O. The largest absolute Gasteiger partial charge is 0.508 e. The number of nitrogens with zero attached hydrogens (tertiary/aromatic N) is 2. The van der Waals surface area contributed by atoms with Crippen molar-refractivity contribution in [2.45, 2.75) is 20.0 Å². The van der Waals surface area contributed by atoms with E-state index in [1.807, 2.05) is 42.8 Å². The summed E-state index contributed by atoms with van der Waals surface area (Å²) in [6.45, 7) is 4.01. The minimum Gasteiger partial charge on any atom is -0.508 e. The van der Waals surface area contributed by atoms with E-state index in [0.717, 1.165) is 33.8 Å². The van der Waals surface area contributed by atoms with Crippen LogP contribution in [0.5, 0.6) is 5.75 Å².